The summed E-state index contributed by atoms with van der Waals surface area (Å²) in [7, 11) is 14.2. The zero-order valence-electron chi connectivity index (χ0n) is 45.8. The summed E-state index contributed by atoms with van der Waals surface area (Å²) in [5.74, 6) is -1.05. The van der Waals surface area contributed by atoms with E-state index in [0.29, 0.717) is 52.0 Å². The molecule has 0 saturated carbocycles. The monoisotopic (exact) mass is 1020 g/mol. The van der Waals surface area contributed by atoms with E-state index in [1.165, 1.54) is 9.80 Å². The van der Waals surface area contributed by atoms with Crippen molar-refractivity contribution >= 4 is 64.4 Å². The quantitative estimate of drug-likeness (QED) is 0.0898. The lowest BCUT2D eigenvalue weighted by atomic mass is 9.79. The third-order valence-corrected chi connectivity index (χ3v) is 14.6. The fourth-order valence-electron chi connectivity index (χ4n) is 8.65. The summed E-state index contributed by atoms with van der Waals surface area (Å²) in [6.45, 7) is 20.2. The Hall–Kier alpha value is -5.47. The maximum Gasteiger partial charge on any atom is 0.253 e. The predicted molar refractivity (Wildman–Crippen MR) is 271 cm³/mol. The van der Waals surface area contributed by atoms with Crippen LogP contribution in [0.2, 0.25) is 0 Å². The van der Waals surface area contributed by atoms with Crippen molar-refractivity contribution in [3.8, 4) is 0 Å². The molecule has 3 atom stereocenters. The summed E-state index contributed by atoms with van der Waals surface area (Å²) in [6, 6.07) is 0. The molecular weight excluding hydrogens is 935 g/mol. The number of nitrogens with one attached hydrogen (secondary N) is 5. The zero-order valence-corrected chi connectivity index (χ0v) is 45.8. The predicted octanol–water partition coefficient (Wildman–Crippen LogP) is -1.58. The van der Waals surface area contributed by atoms with Crippen LogP contribution >= 0.6 is 0 Å². The van der Waals surface area contributed by atoms with Gasteiger partial charge in [0.25, 0.3) is 17.7 Å². The van der Waals surface area contributed by atoms with Gasteiger partial charge in [0.15, 0.2) is 0 Å². The number of fused-ring (bicyclic) bond motifs is 3. The highest BCUT2D eigenvalue weighted by Gasteiger charge is 2.52. The van der Waals surface area contributed by atoms with Gasteiger partial charge in [-0.25, -0.2) is 21.2 Å². The van der Waals surface area contributed by atoms with Crippen LogP contribution < -0.4 is 26.9 Å². The molecule has 0 aromatic rings. The van der Waals surface area contributed by atoms with Crippen molar-refractivity contribution in [2.75, 3.05) is 122 Å². The van der Waals surface area contributed by atoms with Crippen molar-refractivity contribution in [3.05, 3.63) is 0 Å². The van der Waals surface area contributed by atoms with Crippen LogP contribution in [0, 0.1) is 16.2 Å². The number of hydrogen-bond donors (Lipinski definition) is 6. The molecule has 6 N–H and O–H groups in total. The summed E-state index contributed by atoms with van der Waals surface area (Å²) in [4.78, 5) is 114. The summed E-state index contributed by atoms with van der Waals surface area (Å²) in [5, 5.41) is 25.8. The van der Waals surface area contributed by atoms with Gasteiger partial charge in [-0.1, -0.05) is 0 Å². The third kappa shape index (κ3) is 13.4. The number of hydrazone groups is 3. The number of hydrogen-bond acceptors (Lipinski definition) is 17. The highest BCUT2D eigenvalue weighted by molar-refractivity contribution is 6.15. The molecule has 0 aromatic carbocycles. The first-order valence-corrected chi connectivity index (χ1v) is 24.2. The molecule has 8 amide bonds. The van der Waals surface area contributed by atoms with Gasteiger partial charge in [0, 0.05) is 79.2 Å². The second kappa shape index (κ2) is 24.0. The summed E-state index contributed by atoms with van der Waals surface area (Å²) < 4.78 is 0. The van der Waals surface area contributed by atoms with E-state index >= 15 is 0 Å². The molecule has 25 heteroatoms. The molecule has 0 aromatic heterocycles. The maximum atomic E-state index is 13.0. The molecular formula is C47H83N15O10. The Kier molecular flexibility index (Phi) is 20.3. The van der Waals surface area contributed by atoms with Crippen molar-refractivity contribution in [1.82, 2.24) is 61.2 Å². The molecule has 0 radical (unpaired) electrons. The highest BCUT2D eigenvalue weighted by Crippen LogP contribution is 2.35. The Morgan fingerprint density at radius 2 is 0.958 bits per heavy atom. The molecule has 406 valence electrons. The normalized spacial score (nSPS) is 23.5. The molecule has 6 heterocycles. The van der Waals surface area contributed by atoms with Crippen LogP contribution in [-0.4, -0.2) is 242 Å². The van der Waals surface area contributed by atoms with Crippen LogP contribution in [0.5, 0.6) is 0 Å². The average molecular weight is 1020 g/mol. The van der Waals surface area contributed by atoms with Crippen molar-refractivity contribution in [3.63, 3.8) is 0 Å². The zero-order chi connectivity index (χ0) is 54.9. The van der Waals surface area contributed by atoms with Gasteiger partial charge in [0.05, 0.1) is 42.4 Å². The van der Waals surface area contributed by atoms with E-state index in [2.05, 4.69) is 47.1 Å². The molecule has 0 bridgehead atoms. The van der Waals surface area contributed by atoms with Crippen LogP contribution in [0.4, 0.5) is 0 Å². The van der Waals surface area contributed by atoms with Crippen molar-refractivity contribution in [1.29, 1.82) is 0 Å². The van der Waals surface area contributed by atoms with E-state index in [0.717, 1.165) is 23.7 Å². The van der Waals surface area contributed by atoms with E-state index in [1.54, 1.807) is 82.4 Å². The van der Waals surface area contributed by atoms with Crippen LogP contribution in [-0.2, 0) is 43.2 Å². The van der Waals surface area contributed by atoms with Crippen LogP contribution in [0.1, 0.15) is 81.6 Å². The summed E-state index contributed by atoms with van der Waals surface area (Å²) >= 11 is 0. The number of nitrogens with zero attached hydrogens (tertiary/aromatic N) is 10. The molecule has 3 saturated heterocycles. The fourth-order valence-corrected chi connectivity index (χ4v) is 8.65. The van der Waals surface area contributed by atoms with E-state index in [9.17, 15) is 38.4 Å². The molecule has 72 heavy (non-hydrogen) atoms. The Balaban J connectivity index is 0.000000269. The number of rotatable bonds is 13. The molecule has 6 aliphatic rings. The van der Waals surface area contributed by atoms with Crippen molar-refractivity contribution in [2.45, 2.75) is 98.2 Å². The average Bonchev–Trinajstić information content (AvgIpc) is 3.92. The largest absolute Gasteiger partial charge is 0.339 e. The van der Waals surface area contributed by atoms with Crippen molar-refractivity contribution < 1.29 is 48.5 Å². The van der Waals surface area contributed by atoms with Gasteiger partial charge in [0.2, 0.25) is 29.5 Å². The molecule has 3 fully saturated rings. The Bertz CT molecular complexity index is 2160. The van der Waals surface area contributed by atoms with Gasteiger partial charge in [-0.3, -0.25) is 43.6 Å². The van der Waals surface area contributed by atoms with Gasteiger partial charge in [-0.15, -0.1) is 0 Å². The van der Waals surface area contributed by atoms with Crippen LogP contribution in [0.25, 0.3) is 0 Å². The molecule has 3 unspecified atom stereocenters. The standard InChI is InChI=1S/C16H27N5O3.C15H25N5O3.C12H20N4O2.C4H11NO2/c1-15(2,20(6)12(22)9-19(4)5)14(24)21-8-7-11-16(3,10-21)13(23)18-17-11;1-14(2,19(5)11(21)8-16-4)13(23)20-7-6-10-15(3,9-20)12(22)18-17-10;1-11(2,13-4)10(18)16-6-5-8-12(3,7-16)9(17)15-14-8;1-5(2)3-4-7-6/h7-10H2,1-6H3,(H,18,23);16H,6-9H2,1-5H3,(H,18,22);13H,5-7H2,1-4H3,(H,15,17);6H,3-4H2,1-2H3. The molecule has 6 rings (SSSR count). The minimum absolute atomic E-state index is 0.0185. The second-order valence-corrected chi connectivity index (χ2v) is 21.7. The Morgan fingerprint density at radius 3 is 1.25 bits per heavy atom. The molecule has 0 spiro atoms. The lowest BCUT2D eigenvalue weighted by molar-refractivity contribution is -0.243. The van der Waals surface area contributed by atoms with Crippen molar-refractivity contribution in [2.24, 2.45) is 31.5 Å². The van der Waals surface area contributed by atoms with E-state index in [-0.39, 0.29) is 73.4 Å². The minimum atomic E-state index is -0.979. The van der Waals surface area contributed by atoms with E-state index in [4.69, 9.17) is 5.26 Å². The van der Waals surface area contributed by atoms with Gasteiger partial charge in [-0.2, -0.15) is 15.3 Å². The number of carbonyl (C=O) groups excluding carboxylic acids is 8. The maximum absolute atomic E-state index is 13.0. The van der Waals surface area contributed by atoms with E-state index < -0.39 is 32.9 Å². The van der Waals surface area contributed by atoms with Gasteiger partial charge >= 0.3 is 0 Å². The lowest BCUT2D eigenvalue weighted by Crippen LogP contribution is -2.61. The topological polar surface area (TPSA) is 286 Å². The first-order chi connectivity index (χ1) is 33.2. The number of amides is 8. The summed E-state index contributed by atoms with van der Waals surface area (Å²) in [5.41, 5.74) is 5.21. The molecule has 6 aliphatic heterocycles. The number of carbonyl (C=O) groups is 8. The SMILES string of the molecule is CN(C)CC(=O)N(C)C(C)(C)C(=O)N1CCC2=NNC(=O)C2(C)C1.CN(C)CCOO.CNC(C)(C)C(=O)N1CCC2=NNC(=O)C2(C)C1.CNCC(=O)N(C)C(C)(C)C(=O)N1CCC2=NNC(=O)C2(C)C1. The first kappa shape index (κ1) is 60.8. The van der Waals surface area contributed by atoms with Crippen LogP contribution in [0.15, 0.2) is 15.3 Å². The Labute approximate surface area is 424 Å². The number of likely N-dealkylation sites (N-methyl/N-ethyl adjacent to an activating group) is 6. The third-order valence-electron chi connectivity index (χ3n) is 14.6. The lowest BCUT2D eigenvalue weighted by Gasteiger charge is -2.43. The molecule has 25 nitrogen and oxygen atoms in total. The molecule has 0 aliphatic carbocycles. The number of likely N-dealkylation sites (tertiary alicyclic amines) is 3. The van der Waals surface area contributed by atoms with Gasteiger partial charge in [0.1, 0.15) is 27.3 Å². The van der Waals surface area contributed by atoms with Gasteiger partial charge < -0.3 is 44.9 Å². The smallest absolute Gasteiger partial charge is 0.253 e. The van der Waals surface area contributed by atoms with Gasteiger partial charge in [-0.05, 0) is 105 Å². The van der Waals surface area contributed by atoms with Crippen LogP contribution in [0.3, 0.4) is 0 Å². The fraction of sp³-hybridized carbons (Fsp3) is 0.766. The summed E-state index contributed by atoms with van der Waals surface area (Å²) in [6.07, 6.45) is 1.78. The Morgan fingerprint density at radius 1 is 0.611 bits per heavy atom. The minimum Gasteiger partial charge on any atom is -0.339 e. The second-order valence-electron chi connectivity index (χ2n) is 21.7. The first-order valence-electron chi connectivity index (χ1n) is 24.2. The highest BCUT2D eigenvalue weighted by atomic mass is 17.1. The number of piperidine rings is 3. The van der Waals surface area contributed by atoms with E-state index in [1.807, 2.05) is 60.8 Å².